The molecule has 2 heterocycles. The van der Waals surface area contributed by atoms with Crippen LogP contribution in [0.5, 0.6) is 11.5 Å². The zero-order valence-electron chi connectivity index (χ0n) is 16.7. The standard InChI is InChI=1S/C22H23ClN4O3/c1-29-21-12-16(6-7-20(21)30-13-17-4-2-3-5-19(17)23)22(28)26-10-8-18(9-11-26)27-15-24-14-25-27/h2-7,12,14-15,18H,8-11,13H2,1H3. The van der Waals surface area contributed by atoms with Crippen LogP contribution in [0.15, 0.2) is 55.1 Å². The highest BCUT2D eigenvalue weighted by molar-refractivity contribution is 6.31. The van der Waals surface area contributed by atoms with Crippen molar-refractivity contribution in [1.82, 2.24) is 19.7 Å². The first kappa shape index (κ1) is 20.2. The molecule has 7 nitrogen and oxygen atoms in total. The first-order valence-electron chi connectivity index (χ1n) is 9.83. The van der Waals surface area contributed by atoms with E-state index in [0.717, 1.165) is 18.4 Å². The lowest BCUT2D eigenvalue weighted by atomic mass is 10.0. The summed E-state index contributed by atoms with van der Waals surface area (Å²) in [4.78, 5) is 18.8. The molecular weight excluding hydrogens is 404 g/mol. The zero-order valence-corrected chi connectivity index (χ0v) is 17.5. The van der Waals surface area contributed by atoms with E-state index < -0.39 is 0 Å². The molecule has 1 aliphatic heterocycles. The number of nitrogens with zero attached hydrogens (tertiary/aromatic N) is 4. The summed E-state index contributed by atoms with van der Waals surface area (Å²) in [5, 5.41) is 4.86. The maximum Gasteiger partial charge on any atom is 0.253 e. The molecule has 3 aromatic rings. The van der Waals surface area contributed by atoms with E-state index in [2.05, 4.69) is 10.1 Å². The van der Waals surface area contributed by atoms with E-state index in [0.29, 0.717) is 41.8 Å². The number of rotatable bonds is 6. The van der Waals surface area contributed by atoms with Crippen molar-refractivity contribution in [3.05, 3.63) is 71.3 Å². The number of aromatic nitrogens is 3. The summed E-state index contributed by atoms with van der Waals surface area (Å²) in [7, 11) is 1.57. The van der Waals surface area contributed by atoms with Crippen LogP contribution in [0.2, 0.25) is 5.02 Å². The number of ether oxygens (including phenoxy) is 2. The van der Waals surface area contributed by atoms with Gasteiger partial charge in [0.05, 0.1) is 13.2 Å². The predicted molar refractivity (Wildman–Crippen MR) is 113 cm³/mol. The maximum atomic E-state index is 13.0. The van der Waals surface area contributed by atoms with Crippen molar-refractivity contribution in [2.75, 3.05) is 20.2 Å². The van der Waals surface area contributed by atoms with E-state index >= 15 is 0 Å². The lowest BCUT2D eigenvalue weighted by Crippen LogP contribution is -2.39. The van der Waals surface area contributed by atoms with Crippen LogP contribution in [-0.4, -0.2) is 45.8 Å². The molecule has 0 N–H and O–H groups in total. The quantitative estimate of drug-likeness (QED) is 0.596. The van der Waals surface area contributed by atoms with Gasteiger partial charge in [-0.15, -0.1) is 0 Å². The predicted octanol–water partition coefficient (Wildman–Crippen LogP) is 4.00. The van der Waals surface area contributed by atoms with Gasteiger partial charge in [0.25, 0.3) is 5.91 Å². The molecule has 1 amide bonds. The van der Waals surface area contributed by atoms with E-state index in [4.69, 9.17) is 21.1 Å². The number of carbonyl (C=O) groups excluding carboxylic acids is 1. The number of halogens is 1. The number of amides is 1. The highest BCUT2D eigenvalue weighted by Gasteiger charge is 2.25. The van der Waals surface area contributed by atoms with Crippen LogP contribution in [0.25, 0.3) is 0 Å². The number of benzene rings is 2. The largest absolute Gasteiger partial charge is 0.493 e. The SMILES string of the molecule is COc1cc(C(=O)N2CCC(n3cncn3)CC2)ccc1OCc1ccccc1Cl. The van der Waals surface area contributed by atoms with E-state index in [1.165, 1.54) is 0 Å². The fraction of sp³-hybridized carbons (Fsp3) is 0.318. The van der Waals surface area contributed by atoms with Crippen LogP contribution in [-0.2, 0) is 6.61 Å². The van der Waals surface area contributed by atoms with E-state index in [1.807, 2.05) is 33.8 Å². The highest BCUT2D eigenvalue weighted by atomic mass is 35.5. The molecule has 0 aliphatic carbocycles. The van der Waals surface area contributed by atoms with Crippen molar-refractivity contribution < 1.29 is 14.3 Å². The van der Waals surface area contributed by atoms with Gasteiger partial charge in [0, 0.05) is 29.2 Å². The van der Waals surface area contributed by atoms with Crippen LogP contribution in [0.4, 0.5) is 0 Å². The Hall–Kier alpha value is -3.06. The van der Waals surface area contributed by atoms with Crippen LogP contribution < -0.4 is 9.47 Å². The molecule has 156 valence electrons. The lowest BCUT2D eigenvalue weighted by molar-refractivity contribution is 0.0689. The summed E-state index contributed by atoms with van der Waals surface area (Å²) in [5.74, 6) is 1.08. The zero-order chi connectivity index (χ0) is 20.9. The number of hydrogen-bond donors (Lipinski definition) is 0. The second kappa shape index (κ2) is 9.17. The third-order valence-electron chi connectivity index (χ3n) is 5.31. The third-order valence-corrected chi connectivity index (χ3v) is 5.68. The second-order valence-electron chi connectivity index (χ2n) is 7.14. The van der Waals surface area contributed by atoms with E-state index in [9.17, 15) is 4.79 Å². The van der Waals surface area contributed by atoms with Crippen molar-refractivity contribution in [3.63, 3.8) is 0 Å². The average Bonchev–Trinajstić information content (AvgIpc) is 3.33. The van der Waals surface area contributed by atoms with Gasteiger partial charge >= 0.3 is 0 Å². The molecule has 1 aromatic heterocycles. The number of hydrogen-bond acceptors (Lipinski definition) is 5. The Labute approximate surface area is 180 Å². The minimum atomic E-state index is -0.0111. The molecule has 0 bridgehead atoms. The molecule has 0 saturated carbocycles. The Morgan fingerprint density at radius 1 is 1.17 bits per heavy atom. The summed E-state index contributed by atoms with van der Waals surface area (Å²) in [6.45, 7) is 1.67. The Morgan fingerprint density at radius 2 is 1.97 bits per heavy atom. The summed E-state index contributed by atoms with van der Waals surface area (Å²) in [6, 6.07) is 13.1. The summed E-state index contributed by atoms with van der Waals surface area (Å²) in [5.41, 5.74) is 1.47. The molecular formula is C22H23ClN4O3. The van der Waals surface area contributed by atoms with Gasteiger partial charge in [-0.2, -0.15) is 5.10 Å². The van der Waals surface area contributed by atoms with Gasteiger partial charge in [-0.3, -0.25) is 4.79 Å². The number of likely N-dealkylation sites (tertiary alicyclic amines) is 1. The fourth-order valence-corrected chi connectivity index (χ4v) is 3.80. The first-order valence-corrected chi connectivity index (χ1v) is 10.2. The van der Waals surface area contributed by atoms with Gasteiger partial charge in [-0.05, 0) is 37.1 Å². The molecule has 0 atom stereocenters. The van der Waals surface area contributed by atoms with Crippen molar-refractivity contribution >= 4 is 17.5 Å². The number of carbonyl (C=O) groups is 1. The lowest BCUT2D eigenvalue weighted by Gasteiger charge is -2.32. The highest BCUT2D eigenvalue weighted by Crippen LogP contribution is 2.31. The second-order valence-corrected chi connectivity index (χ2v) is 7.55. The van der Waals surface area contributed by atoms with Crippen molar-refractivity contribution in [2.45, 2.75) is 25.5 Å². The Bertz CT molecular complexity index is 1000. The molecule has 0 radical (unpaired) electrons. The van der Waals surface area contributed by atoms with E-state index in [1.54, 1.807) is 38.0 Å². The minimum Gasteiger partial charge on any atom is -0.493 e. The molecule has 2 aromatic carbocycles. The maximum absolute atomic E-state index is 13.0. The van der Waals surface area contributed by atoms with Gasteiger partial charge in [0.2, 0.25) is 0 Å². The van der Waals surface area contributed by atoms with Crippen LogP contribution in [0.3, 0.4) is 0 Å². The van der Waals surface area contributed by atoms with Crippen LogP contribution >= 0.6 is 11.6 Å². The van der Waals surface area contributed by atoms with Crippen molar-refractivity contribution in [3.8, 4) is 11.5 Å². The monoisotopic (exact) mass is 426 g/mol. The molecule has 8 heteroatoms. The van der Waals surface area contributed by atoms with Crippen molar-refractivity contribution in [2.24, 2.45) is 0 Å². The molecule has 1 aliphatic rings. The normalized spacial score (nSPS) is 14.5. The molecule has 1 fully saturated rings. The summed E-state index contributed by atoms with van der Waals surface area (Å²) >= 11 is 6.19. The van der Waals surface area contributed by atoms with Crippen molar-refractivity contribution in [1.29, 1.82) is 0 Å². The smallest absolute Gasteiger partial charge is 0.253 e. The third kappa shape index (κ3) is 4.41. The molecule has 0 spiro atoms. The fourth-order valence-electron chi connectivity index (χ4n) is 3.61. The molecule has 4 rings (SSSR count). The summed E-state index contributed by atoms with van der Waals surface area (Å²) in [6.07, 6.45) is 4.98. The van der Waals surface area contributed by atoms with E-state index in [-0.39, 0.29) is 11.9 Å². The first-order chi connectivity index (χ1) is 14.7. The van der Waals surface area contributed by atoms with Gasteiger partial charge in [-0.1, -0.05) is 29.8 Å². The van der Waals surface area contributed by atoms with Crippen LogP contribution in [0.1, 0.15) is 34.8 Å². The molecule has 1 saturated heterocycles. The van der Waals surface area contributed by atoms with Crippen LogP contribution in [0, 0.1) is 0 Å². The Kier molecular flexibility index (Phi) is 6.18. The Morgan fingerprint density at radius 3 is 2.67 bits per heavy atom. The average molecular weight is 427 g/mol. The number of methoxy groups -OCH3 is 1. The van der Waals surface area contributed by atoms with Gasteiger partial charge in [0.15, 0.2) is 11.5 Å². The molecule has 0 unspecified atom stereocenters. The topological polar surface area (TPSA) is 69.5 Å². The van der Waals surface area contributed by atoms with Gasteiger partial charge < -0.3 is 14.4 Å². The number of piperidine rings is 1. The summed E-state index contributed by atoms with van der Waals surface area (Å²) < 4.78 is 13.2. The van der Waals surface area contributed by atoms with Gasteiger partial charge in [0.1, 0.15) is 19.3 Å². The Balaban J connectivity index is 1.41. The van der Waals surface area contributed by atoms with Gasteiger partial charge in [-0.25, -0.2) is 9.67 Å². The minimum absolute atomic E-state index is 0.0111. The molecule has 30 heavy (non-hydrogen) atoms.